The lowest BCUT2D eigenvalue weighted by molar-refractivity contribution is -0.133. The number of H-pyrrole nitrogens is 2. The summed E-state index contributed by atoms with van der Waals surface area (Å²) in [6.45, 7) is 4.85. The molecular formula is C18H19N3OS2. The summed E-state index contributed by atoms with van der Waals surface area (Å²) in [7, 11) is 0. The number of para-hydroxylation sites is 1. The Balaban J connectivity index is 1.62. The van der Waals surface area contributed by atoms with Crippen LogP contribution in [0.3, 0.4) is 0 Å². The second-order valence-corrected chi connectivity index (χ2v) is 8.09. The van der Waals surface area contributed by atoms with Crippen LogP contribution in [0.25, 0.3) is 10.9 Å². The van der Waals surface area contributed by atoms with E-state index in [0.717, 1.165) is 33.0 Å². The van der Waals surface area contributed by atoms with Gasteiger partial charge < -0.3 is 14.9 Å². The SMILES string of the molecule is Cc1[nH]c(=S)sc1CC(=O)N1CCc2c([nH]c3ccccc23)C1C. The van der Waals surface area contributed by atoms with Crippen LogP contribution in [0.15, 0.2) is 24.3 Å². The number of benzene rings is 1. The van der Waals surface area contributed by atoms with E-state index in [0.29, 0.717) is 6.42 Å². The Kier molecular flexibility index (Phi) is 3.81. The molecule has 1 aliphatic rings. The average Bonchev–Trinajstić information content (AvgIpc) is 3.08. The second-order valence-electron chi connectivity index (χ2n) is 6.32. The van der Waals surface area contributed by atoms with Gasteiger partial charge in [0.05, 0.1) is 12.5 Å². The zero-order chi connectivity index (χ0) is 16.8. The number of hydrogen-bond donors (Lipinski definition) is 2. The van der Waals surface area contributed by atoms with Gasteiger partial charge in [-0.1, -0.05) is 18.2 Å². The van der Waals surface area contributed by atoms with E-state index in [1.807, 2.05) is 17.9 Å². The van der Waals surface area contributed by atoms with Crippen LogP contribution in [0, 0.1) is 10.9 Å². The zero-order valence-electron chi connectivity index (χ0n) is 13.7. The van der Waals surface area contributed by atoms with Crippen molar-refractivity contribution >= 4 is 40.4 Å². The molecule has 124 valence electrons. The van der Waals surface area contributed by atoms with E-state index >= 15 is 0 Å². The van der Waals surface area contributed by atoms with Crippen molar-refractivity contribution < 1.29 is 4.79 Å². The summed E-state index contributed by atoms with van der Waals surface area (Å²) in [5.41, 5.74) is 4.70. The van der Waals surface area contributed by atoms with E-state index < -0.39 is 0 Å². The van der Waals surface area contributed by atoms with E-state index in [2.05, 4.69) is 35.1 Å². The monoisotopic (exact) mass is 357 g/mol. The van der Waals surface area contributed by atoms with E-state index in [-0.39, 0.29) is 11.9 Å². The van der Waals surface area contributed by atoms with Crippen molar-refractivity contribution in [2.24, 2.45) is 0 Å². The quantitative estimate of drug-likeness (QED) is 0.673. The fourth-order valence-corrected chi connectivity index (χ4v) is 4.90. The molecule has 1 aliphatic heterocycles. The molecule has 2 N–H and O–H groups in total. The number of hydrogen-bond acceptors (Lipinski definition) is 3. The van der Waals surface area contributed by atoms with Crippen LogP contribution in [0.5, 0.6) is 0 Å². The van der Waals surface area contributed by atoms with Crippen molar-refractivity contribution in [3.8, 4) is 0 Å². The van der Waals surface area contributed by atoms with Crippen molar-refractivity contribution in [1.29, 1.82) is 0 Å². The molecule has 3 heterocycles. The molecule has 4 rings (SSSR count). The van der Waals surface area contributed by atoms with Crippen LogP contribution in [0.2, 0.25) is 0 Å². The van der Waals surface area contributed by atoms with Gasteiger partial charge in [0.1, 0.15) is 0 Å². The maximum absolute atomic E-state index is 12.8. The molecule has 0 aliphatic carbocycles. The number of aromatic nitrogens is 2. The molecule has 6 heteroatoms. The fourth-order valence-electron chi connectivity index (χ4n) is 3.61. The number of carbonyl (C=O) groups is 1. The Hall–Kier alpha value is -1.92. The minimum Gasteiger partial charge on any atom is -0.356 e. The molecular weight excluding hydrogens is 338 g/mol. The second kappa shape index (κ2) is 5.86. The third-order valence-electron chi connectivity index (χ3n) is 4.89. The summed E-state index contributed by atoms with van der Waals surface area (Å²) in [5.74, 6) is 0.167. The Morgan fingerprint density at radius 3 is 2.92 bits per heavy atom. The smallest absolute Gasteiger partial charge is 0.228 e. The summed E-state index contributed by atoms with van der Waals surface area (Å²) in [4.78, 5) is 22.5. The number of carbonyl (C=O) groups excluding carboxylic acids is 1. The number of aryl methyl sites for hydroxylation is 1. The molecule has 3 aromatic rings. The molecule has 0 saturated heterocycles. The third-order valence-corrected chi connectivity index (χ3v) is 6.23. The van der Waals surface area contributed by atoms with Gasteiger partial charge in [-0.3, -0.25) is 4.79 Å². The highest BCUT2D eigenvalue weighted by Crippen LogP contribution is 2.34. The van der Waals surface area contributed by atoms with Gasteiger partial charge in [0.2, 0.25) is 5.91 Å². The molecule has 0 fully saturated rings. The molecule has 0 spiro atoms. The molecule has 0 saturated carbocycles. The maximum atomic E-state index is 12.8. The van der Waals surface area contributed by atoms with Crippen LogP contribution in [0.1, 0.15) is 34.8 Å². The number of nitrogens with zero attached hydrogens (tertiary/aromatic N) is 1. The van der Waals surface area contributed by atoms with Gasteiger partial charge in [0.15, 0.2) is 3.95 Å². The number of fused-ring (bicyclic) bond motifs is 3. The van der Waals surface area contributed by atoms with Crippen molar-refractivity contribution in [3.63, 3.8) is 0 Å². The Morgan fingerprint density at radius 1 is 1.38 bits per heavy atom. The van der Waals surface area contributed by atoms with Gasteiger partial charge in [0.25, 0.3) is 0 Å². The lowest BCUT2D eigenvalue weighted by atomic mass is 9.98. The molecule has 1 unspecified atom stereocenters. The van der Waals surface area contributed by atoms with Gasteiger partial charge in [0, 0.05) is 33.7 Å². The lowest BCUT2D eigenvalue weighted by Gasteiger charge is -2.33. The Morgan fingerprint density at radius 2 is 2.17 bits per heavy atom. The van der Waals surface area contributed by atoms with Crippen molar-refractivity contribution in [2.45, 2.75) is 32.7 Å². The van der Waals surface area contributed by atoms with Gasteiger partial charge in [-0.2, -0.15) is 0 Å². The van der Waals surface area contributed by atoms with E-state index in [1.54, 1.807) is 0 Å². The Bertz CT molecular complexity index is 982. The highest BCUT2D eigenvalue weighted by Gasteiger charge is 2.30. The largest absolute Gasteiger partial charge is 0.356 e. The van der Waals surface area contributed by atoms with E-state index in [4.69, 9.17) is 12.2 Å². The first-order valence-corrected chi connectivity index (χ1v) is 9.34. The summed E-state index contributed by atoms with van der Waals surface area (Å²) in [6, 6.07) is 8.44. The number of aromatic amines is 2. The van der Waals surface area contributed by atoms with Crippen LogP contribution in [-0.4, -0.2) is 27.3 Å². The topological polar surface area (TPSA) is 51.9 Å². The predicted molar refractivity (Wildman–Crippen MR) is 100 cm³/mol. The number of rotatable bonds is 2. The first-order valence-electron chi connectivity index (χ1n) is 8.12. The van der Waals surface area contributed by atoms with Gasteiger partial charge >= 0.3 is 0 Å². The van der Waals surface area contributed by atoms with Crippen molar-refractivity contribution in [1.82, 2.24) is 14.9 Å². The molecule has 1 atom stereocenters. The summed E-state index contributed by atoms with van der Waals surface area (Å²) in [5, 5.41) is 1.28. The predicted octanol–water partition coefficient (Wildman–Crippen LogP) is 4.28. The fraction of sp³-hybridized carbons (Fsp3) is 0.333. The van der Waals surface area contributed by atoms with Crippen molar-refractivity contribution in [3.05, 3.63) is 50.0 Å². The normalized spacial score (nSPS) is 17.2. The lowest BCUT2D eigenvalue weighted by Crippen LogP contribution is -2.39. The number of amides is 1. The number of nitrogens with one attached hydrogen (secondary N) is 2. The van der Waals surface area contributed by atoms with E-state index in [9.17, 15) is 4.79 Å². The van der Waals surface area contributed by atoms with Crippen LogP contribution >= 0.6 is 23.6 Å². The van der Waals surface area contributed by atoms with Gasteiger partial charge in [-0.25, -0.2) is 0 Å². The van der Waals surface area contributed by atoms with Gasteiger partial charge in [-0.15, -0.1) is 11.3 Å². The Labute approximate surface area is 149 Å². The van der Waals surface area contributed by atoms with Crippen LogP contribution in [0.4, 0.5) is 0 Å². The summed E-state index contributed by atoms with van der Waals surface area (Å²) >= 11 is 6.68. The summed E-state index contributed by atoms with van der Waals surface area (Å²) < 4.78 is 0.736. The zero-order valence-corrected chi connectivity index (χ0v) is 15.3. The molecule has 1 aromatic carbocycles. The standard InChI is InChI=1S/C18H19N3OS2/c1-10-15(24-18(23)19-10)9-16(22)21-8-7-13-12-5-3-4-6-14(12)20-17(13)11(21)2/h3-6,11,20H,7-9H2,1-2H3,(H,19,23). The van der Waals surface area contributed by atoms with Gasteiger partial charge in [-0.05, 0) is 44.1 Å². The number of thiazole rings is 1. The summed E-state index contributed by atoms with van der Waals surface area (Å²) in [6.07, 6.45) is 1.32. The first-order chi connectivity index (χ1) is 11.5. The highest BCUT2D eigenvalue weighted by molar-refractivity contribution is 7.73. The van der Waals surface area contributed by atoms with E-state index in [1.165, 1.54) is 28.0 Å². The molecule has 1 amide bonds. The highest BCUT2D eigenvalue weighted by atomic mass is 32.1. The van der Waals surface area contributed by atoms with Crippen molar-refractivity contribution in [2.75, 3.05) is 6.54 Å². The third kappa shape index (κ3) is 2.50. The first kappa shape index (κ1) is 15.6. The molecule has 0 radical (unpaired) electrons. The molecule has 2 aromatic heterocycles. The minimum absolute atomic E-state index is 0.0702. The molecule has 0 bridgehead atoms. The van der Waals surface area contributed by atoms with Crippen LogP contribution in [-0.2, 0) is 17.6 Å². The average molecular weight is 358 g/mol. The molecule has 24 heavy (non-hydrogen) atoms. The molecule has 4 nitrogen and oxygen atoms in total. The maximum Gasteiger partial charge on any atom is 0.228 e. The van der Waals surface area contributed by atoms with Crippen LogP contribution < -0.4 is 0 Å². The minimum atomic E-state index is 0.0702.